The fourth-order valence-electron chi connectivity index (χ4n) is 1.87. The number of benzene rings is 2. The van der Waals surface area contributed by atoms with Crippen LogP contribution in [0.25, 0.3) is 0 Å². The molecule has 2 aromatic rings. The average molecular weight is 315 g/mol. The first kappa shape index (κ1) is 16.1. The largest absolute Gasteiger partial charge is 0.495 e. The summed E-state index contributed by atoms with van der Waals surface area (Å²) in [6, 6.07) is 14.5. The van der Waals surface area contributed by atoms with Crippen molar-refractivity contribution in [1.82, 2.24) is 0 Å². The number of para-hydroxylation sites is 2. The van der Waals surface area contributed by atoms with E-state index < -0.39 is 0 Å². The van der Waals surface area contributed by atoms with E-state index in [4.69, 9.17) is 4.74 Å². The predicted octanol–water partition coefficient (Wildman–Crippen LogP) is 3.63. The fraction of sp³-hybridized carbons (Fsp3) is 0.176. The van der Waals surface area contributed by atoms with Crippen molar-refractivity contribution in [2.24, 2.45) is 0 Å². The van der Waals surface area contributed by atoms with E-state index in [2.05, 4.69) is 5.32 Å². The molecular formula is C17H17NO3S. The Morgan fingerprint density at radius 2 is 1.77 bits per heavy atom. The van der Waals surface area contributed by atoms with Crippen LogP contribution in [-0.2, 0) is 4.79 Å². The molecule has 0 saturated heterocycles. The van der Waals surface area contributed by atoms with Gasteiger partial charge in [0, 0.05) is 10.5 Å². The average Bonchev–Trinajstić information content (AvgIpc) is 2.54. The Morgan fingerprint density at radius 1 is 1.09 bits per heavy atom. The first-order valence-electron chi connectivity index (χ1n) is 6.77. The minimum absolute atomic E-state index is 0.0328. The standard InChI is InChI=1S/C17H17NO3S/c1-12(19)13-7-9-14(10-8-13)22-11-17(20)18-15-5-3-4-6-16(15)21-2/h3-10H,11H2,1-2H3,(H,18,20). The maximum Gasteiger partial charge on any atom is 0.234 e. The maximum atomic E-state index is 12.0. The van der Waals surface area contributed by atoms with Gasteiger partial charge in [0.15, 0.2) is 5.78 Å². The van der Waals surface area contributed by atoms with Crippen LogP contribution in [0.15, 0.2) is 53.4 Å². The number of rotatable bonds is 6. The SMILES string of the molecule is COc1ccccc1NC(=O)CSc1ccc(C(C)=O)cc1. The smallest absolute Gasteiger partial charge is 0.234 e. The predicted molar refractivity (Wildman–Crippen MR) is 88.8 cm³/mol. The number of hydrogen-bond donors (Lipinski definition) is 1. The van der Waals surface area contributed by atoms with Crippen LogP contribution in [-0.4, -0.2) is 24.6 Å². The molecule has 0 radical (unpaired) electrons. The highest BCUT2D eigenvalue weighted by Gasteiger charge is 2.07. The minimum Gasteiger partial charge on any atom is -0.495 e. The lowest BCUT2D eigenvalue weighted by Gasteiger charge is -2.09. The van der Waals surface area contributed by atoms with Gasteiger partial charge in [-0.25, -0.2) is 0 Å². The van der Waals surface area contributed by atoms with Crippen LogP contribution in [0.5, 0.6) is 5.75 Å². The van der Waals surface area contributed by atoms with Crippen molar-refractivity contribution >= 4 is 29.1 Å². The number of thioether (sulfide) groups is 1. The first-order chi connectivity index (χ1) is 10.6. The Kier molecular flexibility index (Phi) is 5.61. The summed E-state index contributed by atoms with van der Waals surface area (Å²) in [5.41, 5.74) is 1.32. The highest BCUT2D eigenvalue weighted by Crippen LogP contribution is 2.24. The molecule has 0 heterocycles. The molecule has 0 aliphatic carbocycles. The van der Waals surface area contributed by atoms with Gasteiger partial charge >= 0.3 is 0 Å². The number of methoxy groups -OCH3 is 1. The molecule has 0 bridgehead atoms. The zero-order chi connectivity index (χ0) is 15.9. The molecule has 0 aromatic heterocycles. The van der Waals surface area contributed by atoms with Crippen molar-refractivity contribution < 1.29 is 14.3 Å². The number of nitrogens with one attached hydrogen (secondary N) is 1. The van der Waals surface area contributed by atoms with Crippen LogP contribution in [0.4, 0.5) is 5.69 Å². The van der Waals surface area contributed by atoms with Gasteiger partial charge in [-0.2, -0.15) is 0 Å². The summed E-state index contributed by atoms with van der Waals surface area (Å²) in [6.07, 6.45) is 0. The molecule has 0 spiro atoms. The summed E-state index contributed by atoms with van der Waals surface area (Å²) >= 11 is 1.42. The highest BCUT2D eigenvalue weighted by atomic mass is 32.2. The van der Waals surface area contributed by atoms with Gasteiger partial charge in [0.2, 0.25) is 5.91 Å². The zero-order valence-electron chi connectivity index (χ0n) is 12.5. The second-order valence-electron chi connectivity index (χ2n) is 4.62. The van der Waals surface area contributed by atoms with Gasteiger partial charge in [-0.05, 0) is 31.2 Å². The first-order valence-corrected chi connectivity index (χ1v) is 7.75. The normalized spacial score (nSPS) is 10.1. The van der Waals surface area contributed by atoms with Crippen molar-refractivity contribution in [1.29, 1.82) is 0 Å². The molecule has 0 aliphatic rings. The number of hydrogen-bond acceptors (Lipinski definition) is 4. The van der Waals surface area contributed by atoms with Crippen LogP contribution >= 0.6 is 11.8 Å². The second kappa shape index (κ2) is 7.66. The van der Waals surface area contributed by atoms with Gasteiger partial charge in [0.25, 0.3) is 0 Å². The Labute approximate surface area is 133 Å². The summed E-state index contributed by atoms with van der Waals surface area (Å²) < 4.78 is 5.19. The van der Waals surface area contributed by atoms with E-state index in [0.29, 0.717) is 17.0 Å². The lowest BCUT2D eigenvalue weighted by atomic mass is 10.2. The number of ketones is 1. The lowest BCUT2D eigenvalue weighted by Crippen LogP contribution is -2.14. The second-order valence-corrected chi connectivity index (χ2v) is 5.67. The summed E-state index contributed by atoms with van der Waals surface area (Å²) in [5, 5.41) is 2.82. The monoisotopic (exact) mass is 315 g/mol. The van der Waals surface area contributed by atoms with Crippen LogP contribution in [0, 0.1) is 0 Å². The van der Waals surface area contributed by atoms with Crippen LogP contribution in [0.1, 0.15) is 17.3 Å². The number of Topliss-reactive ketones (excluding diaryl/α,β-unsaturated/α-hetero) is 1. The molecule has 2 aromatic carbocycles. The number of carbonyl (C=O) groups is 2. The molecule has 114 valence electrons. The molecular weight excluding hydrogens is 298 g/mol. The fourth-order valence-corrected chi connectivity index (χ4v) is 2.57. The Balaban J connectivity index is 1.91. The van der Waals surface area contributed by atoms with E-state index in [-0.39, 0.29) is 17.4 Å². The lowest BCUT2D eigenvalue weighted by molar-refractivity contribution is -0.113. The molecule has 1 N–H and O–H groups in total. The van der Waals surface area contributed by atoms with Gasteiger partial charge in [0.1, 0.15) is 5.75 Å². The van der Waals surface area contributed by atoms with Crippen LogP contribution < -0.4 is 10.1 Å². The molecule has 4 nitrogen and oxygen atoms in total. The third kappa shape index (κ3) is 4.36. The molecule has 0 atom stereocenters. The van der Waals surface area contributed by atoms with Gasteiger partial charge in [-0.3, -0.25) is 9.59 Å². The van der Waals surface area contributed by atoms with Crippen LogP contribution in [0.3, 0.4) is 0 Å². The number of anilines is 1. The van der Waals surface area contributed by atoms with Crippen molar-refractivity contribution in [2.45, 2.75) is 11.8 Å². The summed E-state index contributed by atoms with van der Waals surface area (Å²) in [4.78, 5) is 24.1. The minimum atomic E-state index is -0.106. The molecule has 22 heavy (non-hydrogen) atoms. The third-order valence-electron chi connectivity index (χ3n) is 3.01. The summed E-state index contributed by atoms with van der Waals surface area (Å²) in [7, 11) is 1.57. The van der Waals surface area contributed by atoms with E-state index in [1.165, 1.54) is 18.7 Å². The van der Waals surface area contributed by atoms with E-state index >= 15 is 0 Å². The zero-order valence-corrected chi connectivity index (χ0v) is 13.3. The van der Waals surface area contributed by atoms with E-state index in [0.717, 1.165) is 4.90 Å². The van der Waals surface area contributed by atoms with Crippen molar-refractivity contribution in [2.75, 3.05) is 18.2 Å². The van der Waals surface area contributed by atoms with Gasteiger partial charge in [-0.1, -0.05) is 24.3 Å². The molecule has 2 rings (SSSR count). The van der Waals surface area contributed by atoms with Crippen molar-refractivity contribution in [3.05, 3.63) is 54.1 Å². The van der Waals surface area contributed by atoms with Gasteiger partial charge in [0.05, 0.1) is 18.6 Å². The highest BCUT2D eigenvalue weighted by molar-refractivity contribution is 8.00. The summed E-state index contributed by atoms with van der Waals surface area (Å²) in [5.74, 6) is 0.847. The molecule has 0 unspecified atom stereocenters. The van der Waals surface area contributed by atoms with Crippen molar-refractivity contribution in [3.63, 3.8) is 0 Å². The molecule has 0 fully saturated rings. The van der Waals surface area contributed by atoms with Gasteiger partial charge < -0.3 is 10.1 Å². The number of ether oxygens (including phenoxy) is 1. The van der Waals surface area contributed by atoms with Gasteiger partial charge in [-0.15, -0.1) is 11.8 Å². The van der Waals surface area contributed by atoms with Crippen molar-refractivity contribution in [3.8, 4) is 5.75 Å². The van der Waals surface area contributed by atoms with E-state index in [9.17, 15) is 9.59 Å². The van der Waals surface area contributed by atoms with Crippen LogP contribution in [0.2, 0.25) is 0 Å². The Hall–Kier alpha value is -2.27. The molecule has 0 aliphatic heterocycles. The Bertz CT molecular complexity index is 668. The third-order valence-corrected chi connectivity index (χ3v) is 4.02. The molecule has 0 saturated carbocycles. The number of amides is 1. The molecule has 1 amide bonds. The number of carbonyl (C=O) groups excluding carboxylic acids is 2. The quantitative estimate of drug-likeness (QED) is 0.653. The topological polar surface area (TPSA) is 55.4 Å². The van der Waals surface area contributed by atoms with E-state index in [1.807, 2.05) is 24.3 Å². The maximum absolute atomic E-state index is 12.0. The Morgan fingerprint density at radius 3 is 2.41 bits per heavy atom. The molecule has 5 heteroatoms. The summed E-state index contributed by atoms with van der Waals surface area (Å²) in [6.45, 7) is 1.53. The van der Waals surface area contributed by atoms with E-state index in [1.54, 1.807) is 31.4 Å².